The molecule has 5 nitrogen and oxygen atoms in total. The minimum Gasteiger partial charge on any atom is -0.508 e. The zero-order valence-corrected chi connectivity index (χ0v) is 14.2. The van der Waals surface area contributed by atoms with E-state index in [1.165, 1.54) is 19.3 Å². The maximum atomic E-state index is 12.2. The minimum atomic E-state index is -0.334. The van der Waals surface area contributed by atoms with Crippen LogP contribution in [0.3, 0.4) is 0 Å². The van der Waals surface area contributed by atoms with Crippen molar-refractivity contribution in [3.63, 3.8) is 0 Å². The van der Waals surface area contributed by atoms with E-state index in [9.17, 15) is 15.2 Å². The van der Waals surface area contributed by atoms with Crippen LogP contribution in [0, 0.1) is 11.3 Å². The zero-order chi connectivity index (χ0) is 17.4. The van der Waals surface area contributed by atoms with Gasteiger partial charge in [0.1, 0.15) is 17.4 Å². The van der Waals surface area contributed by atoms with E-state index in [-0.39, 0.29) is 17.2 Å². The maximum absolute atomic E-state index is 12.2. The smallest absolute Gasteiger partial charge is 0.263 e. The number of benzene rings is 1. The Bertz CT molecular complexity index is 610. The summed E-state index contributed by atoms with van der Waals surface area (Å²) in [5.74, 6) is -0.109. The van der Waals surface area contributed by atoms with Crippen LogP contribution in [0.5, 0.6) is 5.75 Å². The molecule has 0 bridgehead atoms. The first-order valence-electron chi connectivity index (χ1n) is 8.50. The summed E-state index contributed by atoms with van der Waals surface area (Å²) >= 11 is 0. The van der Waals surface area contributed by atoms with Crippen LogP contribution < -0.4 is 5.32 Å². The second kappa shape index (κ2) is 8.97. The quantitative estimate of drug-likeness (QED) is 0.622. The third-order valence-corrected chi connectivity index (χ3v) is 4.48. The van der Waals surface area contributed by atoms with Gasteiger partial charge in [-0.05, 0) is 37.0 Å². The van der Waals surface area contributed by atoms with Crippen LogP contribution in [0.15, 0.2) is 36.0 Å². The number of rotatable bonds is 6. The average Bonchev–Trinajstić information content (AvgIpc) is 2.61. The Balaban J connectivity index is 1.85. The second-order valence-corrected chi connectivity index (χ2v) is 6.28. The van der Waals surface area contributed by atoms with Gasteiger partial charge in [0.2, 0.25) is 0 Å². The lowest BCUT2D eigenvalue weighted by Crippen LogP contribution is -2.32. The number of amides is 1. The number of hydrogen-bond acceptors (Lipinski definition) is 4. The first-order valence-corrected chi connectivity index (χ1v) is 8.50. The lowest BCUT2D eigenvalue weighted by Gasteiger charge is -2.30. The largest absolute Gasteiger partial charge is 0.508 e. The molecule has 0 heterocycles. The summed E-state index contributed by atoms with van der Waals surface area (Å²) in [6.07, 6.45) is 8.27. The van der Waals surface area contributed by atoms with Gasteiger partial charge in [0.25, 0.3) is 5.91 Å². The molecule has 1 saturated carbocycles. The van der Waals surface area contributed by atoms with Crippen LogP contribution in [-0.4, -0.2) is 35.5 Å². The monoisotopic (exact) mass is 327 g/mol. The molecule has 128 valence electrons. The average molecular weight is 327 g/mol. The van der Waals surface area contributed by atoms with Crippen molar-refractivity contribution in [3.05, 3.63) is 41.6 Å². The number of nitriles is 1. The van der Waals surface area contributed by atoms with Gasteiger partial charge in [-0.3, -0.25) is 4.79 Å². The van der Waals surface area contributed by atoms with Crippen LogP contribution >= 0.6 is 0 Å². The van der Waals surface area contributed by atoms with E-state index in [0.29, 0.717) is 19.0 Å². The summed E-state index contributed by atoms with van der Waals surface area (Å²) < 4.78 is 0. The molecule has 1 amide bonds. The number of carbonyl (C=O) groups is 1. The van der Waals surface area contributed by atoms with Crippen molar-refractivity contribution < 1.29 is 9.90 Å². The highest BCUT2D eigenvalue weighted by molar-refractivity contribution is 5.97. The van der Waals surface area contributed by atoms with E-state index < -0.39 is 0 Å². The molecule has 1 fully saturated rings. The molecule has 0 spiro atoms. The first-order chi connectivity index (χ1) is 11.6. The molecule has 24 heavy (non-hydrogen) atoms. The van der Waals surface area contributed by atoms with Crippen LogP contribution in [0.4, 0.5) is 0 Å². The molecule has 0 radical (unpaired) electrons. The van der Waals surface area contributed by atoms with Crippen molar-refractivity contribution in [2.45, 2.75) is 44.6 Å². The van der Waals surface area contributed by atoms with Gasteiger partial charge in [-0.15, -0.1) is 0 Å². The maximum Gasteiger partial charge on any atom is 0.263 e. The normalized spacial score (nSPS) is 15.6. The van der Waals surface area contributed by atoms with Crippen LogP contribution in [0.2, 0.25) is 0 Å². The van der Waals surface area contributed by atoms with Gasteiger partial charge in [-0.2, -0.15) is 5.26 Å². The lowest BCUT2D eigenvalue weighted by atomic mass is 9.94. The Hall–Kier alpha value is -2.48. The molecule has 0 atom stereocenters. The third kappa shape index (κ3) is 5.31. The Kier molecular flexibility index (Phi) is 6.68. The Morgan fingerprint density at radius 2 is 2.00 bits per heavy atom. The van der Waals surface area contributed by atoms with Crippen molar-refractivity contribution in [1.29, 1.82) is 5.26 Å². The van der Waals surface area contributed by atoms with Gasteiger partial charge in [0.05, 0.1) is 0 Å². The van der Waals surface area contributed by atoms with Gasteiger partial charge in [0.15, 0.2) is 0 Å². The van der Waals surface area contributed by atoms with Gasteiger partial charge in [-0.25, -0.2) is 0 Å². The minimum absolute atomic E-state index is 0.147. The van der Waals surface area contributed by atoms with Crippen molar-refractivity contribution in [1.82, 2.24) is 10.2 Å². The fraction of sp³-hybridized carbons (Fsp3) is 0.474. The first kappa shape index (κ1) is 17.9. The molecule has 5 heteroatoms. The Morgan fingerprint density at radius 3 is 2.62 bits per heavy atom. The molecule has 2 rings (SSSR count). The standard InChI is InChI=1S/C19H25N3O2/c1-22(17-5-3-2-4-6-17)14-16(13-20)19(24)21-12-11-15-7-9-18(23)10-8-15/h7-10,14,17,23H,2-6,11-12H2,1H3,(H,21,24)/b16-14-. The van der Waals surface area contributed by atoms with E-state index in [4.69, 9.17) is 0 Å². The van der Waals surface area contributed by atoms with Crippen LogP contribution in [0.1, 0.15) is 37.7 Å². The van der Waals surface area contributed by atoms with Crippen molar-refractivity contribution in [2.24, 2.45) is 0 Å². The number of hydrogen-bond donors (Lipinski definition) is 2. The van der Waals surface area contributed by atoms with Gasteiger partial charge >= 0.3 is 0 Å². The topological polar surface area (TPSA) is 76.4 Å². The molecule has 0 unspecified atom stereocenters. The molecule has 2 N–H and O–H groups in total. The van der Waals surface area contributed by atoms with E-state index in [0.717, 1.165) is 18.4 Å². The molecule has 0 saturated heterocycles. The van der Waals surface area contributed by atoms with Gasteiger partial charge in [0, 0.05) is 25.8 Å². The molecule has 0 aromatic heterocycles. The summed E-state index contributed by atoms with van der Waals surface area (Å²) in [4.78, 5) is 14.2. The Morgan fingerprint density at radius 1 is 1.33 bits per heavy atom. The van der Waals surface area contributed by atoms with Gasteiger partial charge < -0.3 is 15.3 Å². The molecular formula is C19H25N3O2. The summed E-state index contributed by atoms with van der Waals surface area (Å²) in [7, 11) is 1.94. The lowest BCUT2D eigenvalue weighted by molar-refractivity contribution is -0.117. The summed E-state index contributed by atoms with van der Waals surface area (Å²) in [6, 6.07) is 9.31. The van der Waals surface area contributed by atoms with Crippen molar-refractivity contribution >= 4 is 5.91 Å². The van der Waals surface area contributed by atoms with Crippen LogP contribution in [0.25, 0.3) is 0 Å². The Labute approximate surface area is 143 Å². The fourth-order valence-electron chi connectivity index (χ4n) is 3.01. The highest BCUT2D eigenvalue weighted by Gasteiger charge is 2.18. The third-order valence-electron chi connectivity index (χ3n) is 4.48. The van der Waals surface area contributed by atoms with E-state index in [2.05, 4.69) is 5.32 Å². The molecular weight excluding hydrogens is 302 g/mol. The van der Waals surface area contributed by atoms with Crippen molar-refractivity contribution in [3.8, 4) is 11.8 Å². The predicted octanol–water partition coefficient (Wildman–Crippen LogP) is 2.72. The molecule has 1 aromatic carbocycles. The molecule has 1 aromatic rings. The number of nitrogens with zero attached hydrogens (tertiary/aromatic N) is 2. The molecule has 1 aliphatic rings. The number of nitrogens with one attached hydrogen (secondary N) is 1. The van der Waals surface area contributed by atoms with E-state index in [1.807, 2.05) is 30.1 Å². The number of aromatic hydroxyl groups is 1. The molecule has 0 aliphatic heterocycles. The summed E-state index contributed by atoms with van der Waals surface area (Å²) in [5.41, 5.74) is 1.17. The fourth-order valence-corrected chi connectivity index (χ4v) is 3.01. The SMILES string of the molecule is CN(/C=C(/C#N)C(=O)NCCc1ccc(O)cc1)C1CCCCC1. The summed E-state index contributed by atoms with van der Waals surface area (Å²) in [6.45, 7) is 0.454. The number of phenolic OH excluding ortho intramolecular Hbond substituents is 1. The predicted molar refractivity (Wildman–Crippen MR) is 93.2 cm³/mol. The van der Waals surface area contributed by atoms with E-state index in [1.54, 1.807) is 18.3 Å². The molecule has 1 aliphatic carbocycles. The van der Waals surface area contributed by atoms with Gasteiger partial charge in [-0.1, -0.05) is 31.4 Å². The summed E-state index contributed by atoms with van der Waals surface area (Å²) in [5, 5.41) is 21.3. The van der Waals surface area contributed by atoms with E-state index >= 15 is 0 Å². The number of carbonyl (C=O) groups excluding carboxylic acids is 1. The second-order valence-electron chi connectivity index (χ2n) is 6.28. The number of phenols is 1. The van der Waals surface area contributed by atoms with Crippen LogP contribution in [-0.2, 0) is 11.2 Å². The highest BCUT2D eigenvalue weighted by Crippen LogP contribution is 2.22. The van der Waals surface area contributed by atoms with Crippen molar-refractivity contribution in [2.75, 3.05) is 13.6 Å². The highest BCUT2D eigenvalue weighted by atomic mass is 16.3. The zero-order valence-electron chi connectivity index (χ0n) is 14.2.